The number of benzene rings is 1. The van der Waals surface area contributed by atoms with E-state index in [1.54, 1.807) is 0 Å². The largest absolute Gasteiger partial charge is 0.488 e. The number of nitrogens with one attached hydrogen (secondary N) is 1. The molecule has 0 spiro atoms. The number of aromatic nitrogens is 2. The molecule has 1 aromatic heterocycles. The highest BCUT2D eigenvalue weighted by atomic mass is 32.1. The molecular formula is C20H30N4O3S. The third-order valence-electron chi connectivity index (χ3n) is 4.13. The Labute approximate surface area is 173 Å². The average Bonchev–Trinajstić information content (AvgIpc) is 2.69. The molecule has 0 saturated heterocycles. The van der Waals surface area contributed by atoms with Crippen LogP contribution in [0.3, 0.4) is 0 Å². The van der Waals surface area contributed by atoms with Gasteiger partial charge in [0.15, 0.2) is 11.6 Å². The fourth-order valence-electron chi connectivity index (χ4n) is 2.66. The molecule has 0 fully saturated rings. The van der Waals surface area contributed by atoms with Crippen molar-refractivity contribution in [3.8, 4) is 5.75 Å². The van der Waals surface area contributed by atoms with Crippen LogP contribution in [0.2, 0.25) is 0 Å². The van der Waals surface area contributed by atoms with Gasteiger partial charge in [0.1, 0.15) is 6.04 Å². The molecule has 154 valence electrons. The van der Waals surface area contributed by atoms with E-state index in [0.717, 1.165) is 25.7 Å². The van der Waals surface area contributed by atoms with Crippen molar-refractivity contribution in [2.45, 2.75) is 45.1 Å². The summed E-state index contributed by atoms with van der Waals surface area (Å²) in [5.74, 6) is 0.667. The van der Waals surface area contributed by atoms with E-state index in [1.165, 1.54) is 18.9 Å². The first-order chi connectivity index (χ1) is 13.1. The third kappa shape index (κ3) is 7.64. The van der Waals surface area contributed by atoms with E-state index in [-0.39, 0.29) is 25.4 Å². The first-order valence-corrected chi connectivity index (χ1v) is 9.27. The summed E-state index contributed by atoms with van der Waals surface area (Å²) < 4.78 is 10.7. The molecule has 28 heavy (non-hydrogen) atoms. The van der Waals surface area contributed by atoms with Crippen LogP contribution in [-0.4, -0.2) is 35.7 Å². The van der Waals surface area contributed by atoms with Gasteiger partial charge < -0.3 is 20.5 Å². The zero-order valence-corrected chi connectivity index (χ0v) is 17.5. The first kappa shape index (κ1) is 23.6. The highest BCUT2D eigenvalue weighted by molar-refractivity contribution is 7.59. The van der Waals surface area contributed by atoms with Gasteiger partial charge in [0.05, 0.1) is 19.9 Å². The smallest absolute Gasteiger partial charge is 0.328 e. The van der Waals surface area contributed by atoms with Gasteiger partial charge >= 0.3 is 5.97 Å². The van der Waals surface area contributed by atoms with Crippen LogP contribution in [-0.2, 0) is 16.0 Å². The van der Waals surface area contributed by atoms with Gasteiger partial charge in [-0.3, -0.25) is 0 Å². The van der Waals surface area contributed by atoms with Crippen LogP contribution in [0.5, 0.6) is 5.75 Å². The Morgan fingerprint density at radius 2 is 2.00 bits per heavy atom. The quantitative estimate of drug-likeness (QED) is 0.436. The third-order valence-corrected chi connectivity index (χ3v) is 4.13. The molecule has 2 rings (SSSR count). The molecule has 0 bridgehead atoms. The molecule has 1 heterocycles. The van der Waals surface area contributed by atoms with Gasteiger partial charge in [-0.05, 0) is 24.8 Å². The second-order valence-corrected chi connectivity index (χ2v) is 6.24. The van der Waals surface area contributed by atoms with Crippen LogP contribution in [0.15, 0.2) is 36.5 Å². The number of unbranched alkanes of at least 4 members (excludes halogenated alkanes) is 1. The van der Waals surface area contributed by atoms with Crippen molar-refractivity contribution in [2.24, 2.45) is 0 Å². The Balaban J connectivity index is 0.00000392. The Kier molecular flexibility index (Phi) is 10.8. The Bertz CT molecular complexity index is 716. The zero-order valence-electron chi connectivity index (χ0n) is 16.5. The van der Waals surface area contributed by atoms with Gasteiger partial charge in [0, 0.05) is 0 Å². The number of hydrogen-bond acceptors (Lipinski definition) is 7. The SMILES string of the molecule is CCCC[C@H](Nc1nc(N)ncc1OCCCc1ccccc1)C(=O)OC.S. The number of rotatable bonds is 11. The lowest BCUT2D eigenvalue weighted by Gasteiger charge is -2.19. The van der Waals surface area contributed by atoms with Crippen LogP contribution in [0.4, 0.5) is 11.8 Å². The summed E-state index contributed by atoms with van der Waals surface area (Å²) in [6, 6.07) is 9.72. The van der Waals surface area contributed by atoms with Gasteiger partial charge in [-0.15, -0.1) is 0 Å². The number of carbonyl (C=O) groups is 1. The molecule has 0 radical (unpaired) electrons. The van der Waals surface area contributed by atoms with Gasteiger partial charge in [0.25, 0.3) is 0 Å². The fourth-order valence-corrected chi connectivity index (χ4v) is 2.66. The maximum atomic E-state index is 12.0. The first-order valence-electron chi connectivity index (χ1n) is 9.27. The van der Waals surface area contributed by atoms with E-state index in [1.807, 2.05) is 18.2 Å². The van der Waals surface area contributed by atoms with Crippen LogP contribution in [0.25, 0.3) is 0 Å². The summed E-state index contributed by atoms with van der Waals surface area (Å²) in [4.78, 5) is 20.2. The van der Waals surface area contributed by atoms with Crippen molar-refractivity contribution in [2.75, 3.05) is 24.8 Å². The number of methoxy groups -OCH3 is 1. The van der Waals surface area contributed by atoms with Crippen molar-refractivity contribution in [1.82, 2.24) is 9.97 Å². The topological polar surface area (TPSA) is 99.4 Å². The Morgan fingerprint density at radius 3 is 2.68 bits per heavy atom. The lowest BCUT2D eigenvalue weighted by atomic mass is 10.1. The van der Waals surface area contributed by atoms with Gasteiger partial charge in [-0.1, -0.05) is 50.1 Å². The lowest BCUT2D eigenvalue weighted by molar-refractivity contribution is -0.141. The molecule has 0 saturated carbocycles. The number of aryl methyl sites for hydroxylation is 1. The van der Waals surface area contributed by atoms with Crippen molar-refractivity contribution in [3.05, 3.63) is 42.1 Å². The Morgan fingerprint density at radius 1 is 1.25 bits per heavy atom. The molecule has 1 aromatic carbocycles. The molecule has 8 heteroatoms. The molecule has 2 aromatic rings. The van der Waals surface area contributed by atoms with Gasteiger partial charge in [-0.2, -0.15) is 18.5 Å². The van der Waals surface area contributed by atoms with E-state index in [2.05, 4.69) is 34.3 Å². The van der Waals surface area contributed by atoms with E-state index in [0.29, 0.717) is 24.6 Å². The van der Waals surface area contributed by atoms with Crippen molar-refractivity contribution in [1.29, 1.82) is 0 Å². The van der Waals surface area contributed by atoms with E-state index in [9.17, 15) is 4.79 Å². The predicted molar refractivity (Wildman–Crippen MR) is 116 cm³/mol. The monoisotopic (exact) mass is 406 g/mol. The second kappa shape index (κ2) is 12.8. The summed E-state index contributed by atoms with van der Waals surface area (Å²) in [6.45, 7) is 2.58. The molecule has 7 nitrogen and oxygen atoms in total. The lowest BCUT2D eigenvalue weighted by Crippen LogP contribution is -2.31. The molecule has 0 aliphatic heterocycles. The van der Waals surface area contributed by atoms with E-state index in [4.69, 9.17) is 15.2 Å². The number of nitrogens with two attached hydrogens (primary N) is 1. The minimum absolute atomic E-state index is 0. The summed E-state index contributed by atoms with van der Waals surface area (Å²) in [5.41, 5.74) is 6.97. The summed E-state index contributed by atoms with van der Waals surface area (Å²) in [5, 5.41) is 3.10. The number of hydrogen-bond donors (Lipinski definition) is 2. The minimum Gasteiger partial charge on any atom is -0.488 e. The van der Waals surface area contributed by atoms with Crippen LogP contribution in [0, 0.1) is 0 Å². The maximum absolute atomic E-state index is 12.0. The summed E-state index contributed by atoms with van der Waals surface area (Å²) in [7, 11) is 1.37. The van der Waals surface area contributed by atoms with Crippen molar-refractivity contribution < 1.29 is 14.3 Å². The van der Waals surface area contributed by atoms with E-state index >= 15 is 0 Å². The molecule has 0 aliphatic rings. The molecule has 0 amide bonds. The summed E-state index contributed by atoms with van der Waals surface area (Å²) in [6.07, 6.45) is 5.80. The standard InChI is InChI=1S/C20H28N4O3.H2S/c1-3-4-12-16(19(25)26-2)23-18-17(14-22-20(21)24-18)27-13-8-11-15-9-6-5-7-10-15;/h5-7,9-10,14,16H,3-4,8,11-13H2,1-2H3,(H3,21,22,23,24);1H2/t16-;/m0./s1. The molecule has 1 atom stereocenters. The zero-order chi connectivity index (χ0) is 19.5. The van der Waals surface area contributed by atoms with Crippen LogP contribution < -0.4 is 15.8 Å². The fraction of sp³-hybridized carbons (Fsp3) is 0.450. The minimum atomic E-state index is -0.504. The van der Waals surface area contributed by atoms with Crippen molar-refractivity contribution in [3.63, 3.8) is 0 Å². The number of carbonyl (C=O) groups excluding carboxylic acids is 1. The van der Waals surface area contributed by atoms with Gasteiger partial charge in [0.2, 0.25) is 5.95 Å². The number of esters is 1. The van der Waals surface area contributed by atoms with Crippen molar-refractivity contribution >= 4 is 31.2 Å². The Hall–Kier alpha value is -2.48. The van der Waals surface area contributed by atoms with E-state index < -0.39 is 6.04 Å². The normalized spacial score (nSPS) is 11.2. The molecule has 0 unspecified atom stereocenters. The number of anilines is 2. The van der Waals surface area contributed by atoms with Crippen LogP contribution in [0.1, 0.15) is 38.2 Å². The number of nitrogen functional groups attached to an aromatic ring is 1. The molecular weight excluding hydrogens is 376 g/mol. The van der Waals surface area contributed by atoms with Gasteiger partial charge in [-0.25, -0.2) is 9.78 Å². The second-order valence-electron chi connectivity index (χ2n) is 6.24. The predicted octanol–water partition coefficient (Wildman–Crippen LogP) is 3.33. The number of ether oxygens (including phenoxy) is 2. The number of nitrogens with zero attached hydrogens (tertiary/aromatic N) is 2. The molecule has 3 N–H and O–H groups in total. The molecule has 0 aliphatic carbocycles. The average molecular weight is 407 g/mol. The van der Waals surface area contributed by atoms with Crippen LogP contribution >= 0.6 is 13.5 Å². The highest BCUT2D eigenvalue weighted by Gasteiger charge is 2.21. The maximum Gasteiger partial charge on any atom is 0.328 e. The summed E-state index contributed by atoms with van der Waals surface area (Å²) >= 11 is 0. The highest BCUT2D eigenvalue weighted by Crippen LogP contribution is 2.24.